The van der Waals surface area contributed by atoms with Crippen molar-refractivity contribution in [1.29, 1.82) is 0 Å². The Hall–Kier alpha value is -2.43. The van der Waals surface area contributed by atoms with E-state index in [0.29, 0.717) is 11.8 Å². The topological polar surface area (TPSA) is 60.9 Å². The number of fused-ring (bicyclic) bond motifs is 1. The zero-order valence-corrected chi connectivity index (χ0v) is 10.0. The molecule has 0 saturated carbocycles. The van der Waals surface area contributed by atoms with E-state index in [-0.39, 0.29) is 5.91 Å². The van der Waals surface area contributed by atoms with Gasteiger partial charge in [-0.2, -0.15) is 0 Å². The molecular weight excluding hydrogens is 230 g/mol. The Morgan fingerprint density at radius 3 is 2.72 bits per heavy atom. The Morgan fingerprint density at radius 2 is 2.06 bits per heavy atom. The second kappa shape index (κ2) is 3.80. The summed E-state index contributed by atoms with van der Waals surface area (Å²) in [6.07, 6.45) is 1.74. The van der Waals surface area contributed by atoms with Crippen molar-refractivity contribution in [2.75, 3.05) is 0 Å². The maximum atomic E-state index is 11.6. The largest absolute Gasteiger partial charge is 0.421 e. The van der Waals surface area contributed by atoms with Gasteiger partial charge in [-0.05, 0) is 6.07 Å². The Morgan fingerprint density at radius 1 is 1.28 bits per heavy atom. The second-order valence-electron chi connectivity index (χ2n) is 4.08. The minimum atomic E-state index is -0.0475. The Balaban J connectivity index is 2.33. The van der Waals surface area contributed by atoms with Crippen LogP contribution in [-0.4, -0.2) is 20.7 Å². The second-order valence-corrected chi connectivity index (χ2v) is 4.08. The van der Waals surface area contributed by atoms with Gasteiger partial charge in [0.25, 0.3) is 0 Å². The standard InChI is InChI=1S/C13H11N3O2/c1-8-14-15-13(18-8)11-7-16(9(2)17)12-6-4-3-5-10(11)12/h3-7H,1-2H3. The Kier molecular flexibility index (Phi) is 2.26. The molecule has 0 aliphatic carbocycles. The van der Waals surface area contributed by atoms with Crippen molar-refractivity contribution in [3.8, 4) is 11.5 Å². The molecule has 3 aromatic rings. The molecule has 3 rings (SSSR count). The summed E-state index contributed by atoms with van der Waals surface area (Å²) >= 11 is 0. The van der Waals surface area contributed by atoms with Crippen LogP contribution in [0, 0.1) is 6.92 Å². The number of carbonyl (C=O) groups excluding carboxylic acids is 1. The predicted molar refractivity (Wildman–Crippen MR) is 66.3 cm³/mol. The number of benzene rings is 1. The number of aryl methyl sites for hydroxylation is 1. The highest BCUT2D eigenvalue weighted by Gasteiger charge is 2.15. The molecule has 0 atom stereocenters. The highest BCUT2D eigenvalue weighted by molar-refractivity contribution is 5.99. The highest BCUT2D eigenvalue weighted by atomic mass is 16.4. The van der Waals surface area contributed by atoms with E-state index in [2.05, 4.69) is 10.2 Å². The predicted octanol–water partition coefficient (Wildman–Crippen LogP) is 2.66. The fourth-order valence-electron chi connectivity index (χ4n) is 2.02. The third-order valence-corrected chi connectivity index (χ3v) is 2.81. The fraction of sp³-hybridized carbons (Fsp3) is 0.154. The third kappa shape index (κ3) is 1.52. The first-order valence-corrected chi connectivity index (χ1v) is 5.58. The average Bonchev–Trinajstić information content (AvgIpc) is 2.92. The van der Waals surface area contributed by atoms with Crippen LogP contribution in [0.2, 0.25) is 0 Å². The van der Waals surface area contributed by atoms with Gasteiger partial charge in [-0.15, -0.1) is 10.2 Å². The number of aromatic nitrogens is 3. The number of nitrogens with zero attached hydrogens (tertiary/aromatic N) is 3. The lowest BCUT2D eigenvalue weighted by molar-refractivity contribution is 0.0942. The average molecular weight is 241 g/mol. The fourth-order valence-corrected chi connectivity index (χ4v) is 2.02. The maximum Gasteiger partial charge on any atom is 0.249 e. The van der Waals surface area contributed by atoms with Gasteiger partial charge in [-0.25, -0.2) is 0 Å². The lowest BCUT2D eigenvalue weighted by atomic mass is 10.2. The molecule has 0 aliphatic heterocycles. The summed E-state index contributed by atoms with van der Waals surface area (Å²) in [7, 11) is 0. The van der Waals surface area contributed by atoms with Gasteiger partial charge in [0.2, 0.25) is 17.7 Å². The maximum absolute atomic E-state index is 11.6. The van der Waals surface area contributed by atoms with Crippen LogP contribution < -0.4 is 0 Å². The van der Waals surface area contributed by atoms with Gasteiger partial charge in [0, 0.05) is 25.4 Å². The number of para-hydroxylation sites is 1. The number of hydrogen-bond donors (Lipinski definition) is 0. The molecule has 2 aromatic heterocycles. The molecule has 1 aromatic carbocycles. The van der Waals surface area contributed by atoms with Gasteiger partial charge < -0.3 is 4.42 Å². The first-order chi connectivity index (χ1) is 8.66. The van der Waals surface area contributed by atoms with E-state index in [0.717, 1.165) is 16.5 Å². The van der Waals surface area contributed by atoms with E-state index in [1.54, 1.807) is 17.7 Å². The molecule has 18 heavy (non-hydrogen) atoms. The third-order valence-electron chi connectivity index (χ3n) is 2.81. The molecule has 0 amide bonds. The van der Waals surface area contributed by atoms with Gasteiger partial charge in [0.15, 0.2) is 0 Å². The molecule has 0 saturated heterocycles. The summed E-state index contributed by atoms with van der Waals surface area (Å²) in [4.78, 5) is 11.6. The zero-order valence-electron chi connectivity index (χ0n) is 10.0. The summed E-state index contributed by atoms with van der Waals surface area (Å²) in [5.41, 5.74) is 1.62. The summed E-state index contributed by atoms with van der Waals surface area (Å²) in [5, 5.41) is 8.74. The minimum Gasteiger partial charge on any atom is -0.421 e. The van der Waals surface area contributed by atoms with E-state index >= 15 is 0 Å². The summed E-state index contributed by atoms with van der Waals surface area (Å²) in [6.45, 7) is 3.26. The summed E-state index contributed by atoms with van der Waals surface area (Å²) in [6, 6.07) is 7.64. The van der Waals surface area contributed by atoms with Crippen molar-refractivity contribution in [3.63, 3.8) is 0 Å². The van der Waals surface area contributed by atoms with E-state index in [1.807, 2.05) is 24.3 Å². The molecule has 0 N–H and O–H groups in total. The van der Waals surface area contributed by atoms with E-state index in [1.165, 1.54) is 6.92 Å². The molecule has 2 heterocycles. The molecule has 0 spiro atoms. The molecular formula is C13H11N3O2. The van der Waals surface area contributed by atoms with Crippen LogP contribution in [0.1, 0.15) is 17.6 Å². The molecule has 90 valence electrons. The van der Waals surface area contributed by atoms with E-state index in [9.17, 15) is 4.79 Å². The van der Waals surface area contributed by atoms with Gasteiger partial charge >= 0.3 is 0 Å². The van der Waals surface area contributed by atoms with Gasteiger partial charge in [-0.1, -0.05) is 18.2 Å². The van der Waals surface area contributed by atoms with Crippen molar-refractivity contribution >= 4 is 16.8 Å². The first-order valence-electron chi connectivity index (χ1n) is 5.58. The Labute approximate surface area is 103 Å². The van der Waals surface area contributed by atoms with Gasteiger partial charge in [0.1, 0.15) is 0 Å². The lowest BCUT2D eigenvalue weighted by Crippen LogP contribution is -2.02. The zero-order chi connectivity index (χ0) is 12.7. The minimum absolute atomic E-state index is 0.0475. The molecule has 5 nitrogen and oxygen atoms in total. The molecule has 0 radical (unpaired) electrons. The SMILES string of the molecule is CC(=O)n1cc(-c2nnc(C)o2)c2ccccc21. The number of hydrogen-bond acceptors (Lipinski definition) is 4. The summed E-state index contributed by atoms with van der Waals surface area (Å²) < 4.78 is 7.01. The van der Waals surface area contributed by atoms with Crippen molar-refractivity contribution in [2.24, 2.45) is 0 Å². The van der Waals surface area contributed by atoms with Crippen molar-refractivity contribution in [2.45, 2.75) is 13.8 Å². The Bertz CT molecular complexity index is 740. The highest BCUT2D eigenvalue weighted by Crippen LogP contribution is 2.29. The normalized spacial score (nSPS) is 11.0. The van der Waals surface area contributed by atoms with Crippen LogP contribution in [0.25, 0.3) is 22.4 Å². The van der Waals surface area contributed by atoms with Gasteiger partial charge in [-0.3, -0.25) is 9.36 Å². The van der Waals surface area contributed by atoms with Crippen molar-refractivity contribution in [1.82, 2.24) is 14.8 Å². The molecule has 5 heteroatoms. The van der Waals surface area contributed by atoms with Gasteiger partial charge in [0.05, 0.1) is 11.1 Å². The number of rotatable bonds is 1. The quantitative estimate of drug-likeness (QED) is 0.657. The number of carbonyl (C=O) groups is 1. The van der Waals surface area contributed by atoms with Crippen LogP contribution in [0.4, 0.5) is 0 Å². The lowest BCUT2D eigenvalue weighted by Gasteiger charge is -1.96. The van der Waals surface area contributed by atoms with Crippen molar-refractivity contribution in [3.05, 3.63) is 36.4 Å². The van der Waals surface area contributed by atoms with Crippen molar-refractivity contribution < 1.29 is 9.21 Å². The van der Waals surface area contributed by atoms with Crippen LogP contribution >= 0.6 is 0 Å². The first kappa shape index (κ1) is 10.7. The van der Waals surface area contributed by atoms with Crippen LogP contribution in [0.5, 0.6) is 0 Å². The summed E-state index contributed by atoms with van der Waals surface area (Å²) in [5.74, 6) is 0.891. The van der Waals surface area contributed by atoms with Crippen LogP contribution in [0.3, 0.4) is 0 Å². The van der Waals surface area contributed by atoms with E-state index < -0.39 is 0 Å². The molecule has 0 aliphatic rings. The van der Waals surface area contributed by atoms with E-state index in [4.69, 9.17) is 4.42 Å². The molecule has 0 fully saturated rings. The smallest absolute Gasteiger partial charge is 0.249 e. The monoisotopic (exact) mass is 241 g/mol. The molecule has 0 unspecified atom stereocenters. The van der Waals surface area contributed by atoms with Crippen LogP contribution in [0.15, 0.2) is 34.9 Å². The van der Waals surface area contributed by atoms with Crippen LogP contribution in [-0.2, 0) is 0 Å². The molecule has 0 bridgehead atoms.